The number of halogens is 4. The van der Waals surface area contributed by atoms with Gasteiger partial charge in [0.25, 0.3) is 0 Å². The lowest BCUT2D eigenvalue weighted by Gasteiger charge is -2.14. The number of alkyl halides is 3. The number of carbonyl (C=O) groups is 1. The number of hydrogen-bond donors (Lipinski definition) is 1. The molecule has 0 saturated heterocycles. The highest BCUT2D eigenvalue weighted by atomic mass is 19.4. The van der Waals surface area contributed by atoms with Crippen LogP contribution in [0.2, 0.25) is 0 Å². The smallest absolute Gasteiger partial charge is 0.420 e. The highest BCUT2D eigenvalue weighted by Crippen LogP contribution is 2.36. The van der Waals surface area contributed by atoms with E-state index in [2.05, 4.69) is 4.98 Å². The van der Waals surface area contributed by atoms with E-state index in [1.807, 2.05) is 0 Å². The van der Waals surface area contributed by atoms with Gasteiger partial charge in [0.05, 0.1) is 11.3 Å². The van der Waals surface area contributed by atoms with Gasteiger partial charge in [0, 0.05) is 12.7 Å². The molecule has 5 nitrogen and oxygen atoms in total. The molecule has 0 aliphatic rings. The minimum absolute atomic E-state index is 0.0622. The zero-order valence-corrected chi connectivity index (χ0v) is 14.4. The first-order valence-electron chi connectivity index (χ1n) is 7.84. The summed E-state index contributed by atoms with van der Waals surface area (Å²) in [5.74, 6) is -2.01. The number of aromatic carboxylic acids is 1. The van der Waals surface area contributed by atoms with E-state index in [0.717, 1.165) is 16.5 Å². The molecule has 0 atom stereocenters. The van der Waals surface area contributed by atoms with Crippen LogP contribution in [0, 0.1) is 5.82 Å². The summed E-state index contributed by atoms with van der Waals surface area (Å²) < 4.78 is 55.5. The van der Waals surface area contributed by atoms with E-state index < -0.39 is 34.9 Å². The van der Waals surface area contributed by atoms with Crippen molar-refractivity contribution in [3.05, 3.63) is 59.3 Å². The maximum atomic E-state index is 13.6. The molecule has 0 amide bonds. The van der Waals surface area contributed by atoms with Crippen molar-refractivity contribution in [3.8, 4) is 11.1 Å². The quantitative estimate of drug-likeness (QED) is 0.696. The Morgan fingerprint density at radius 2 is 1.93 bits per heavy atom. The molecule has 0 fully saturated rings. The van der Waals surface area contributed by atoms with E-state index in [4.69, 9.17) is 0 Å². The summed E-state index contributed by atoms with van der Waals surface area (Å²) >= 11 is 0. The fourth-order valence-electron chi connectivity index (χ4n) is 2.85. The minimum Gasteiger partial charge on any atom is -0.476 e. The Bertz CT molecular complexity index is 1030. The second-order valence-corrected chi connectivity index (χ2v) is 6.29. The summed E-state index contributed by atoms with van der Waals surface area (Å²) in [7, 11) is 3.32. The van der Waals surface area contributed by atoms with E-state index in [1.54, 1.807) is 19.0 Å². The average Bonchev–Trinajstić information content (AvgIpc) is 2.91. The van der Waals surface area contributed by atoms with E-state index in [1.165, 1.54) is 24.4 Å². The number of benzene rings is 1. The predicted octanol–water partition coefficient (Wildman–Crippen LogP) is 3.92. The molecule has 0 aliphatic heterocycles. The van der Waals surface area contributed by atoms with Crippen LogP contribution >= 0.6 is 0 Å². The number of carboxylic acid groups (broad SMARTS) is 1. The van der Waals surface area contributed by atoms with E-state index in [9.17, 15) is 27.5 Å². The summed E-state index contributed by atoms with van der Waals surface area (Å²) in [5.41, 5.74) is -1.60. The molecule has 2 aromatic heterocycles. The first-order valence-corrected chi connectivity index (χ1v) is 7.84. The van der Waals surface area contributed by atoms with Crippen molar-refractivity contribution < 1.29 is 27.5 Å². The molecular weight excluding hydrogens is 366 g/mol. The van der Waals surface area contributed by atoms with Gasteiger partial charge in [0.1, 0.15) is 11.5 Å². The zero-order chi connectivity index (χ0) is 19.9. The van der Waals surface area contributed by atoms with Gasteiger partial charge in [0.2, 0.25) is 0 Å². The number of carboxylic acids is 1. The largest absolute Gasteiger partial charge is 0.476 e. The molecule has 1 aromatic carbocycles. The molecule has 0 saturated carbocycles. The normalized spacial score (nSPS) is 12.1. The summed E-state index contributed by atoms with van der Waals surface area (Å²) in [5, 5.41) is 9.37. The second-order valence-electron chi connectivity index (χ2n) is 6.29. The van der Waals surface area contributed by atoms with Gasteiger partial charge in [-0.1, -0.05) is 12.1 Å². The van der Waals surface area contributed by atoms with Crippen molar-refractivity contribution >= 4 is 11.6 Å². The maximum absolute atomic E-state index is 13.6. The lowest BCUT2D eigenvalue weighted by atomic mass is 10.1. The van der Waals surface area contributed by atoms with Gasteiger partial charge < -0.3 is 14.4 Å². The van der Waals surface area contributed by atoms with Crippen molar-refractivity contribution in [2.75, 3.05) is 14.1 Å². The molecule has 0 unspecified atom stereocenters. The van der Waals surface area contributed by atoms with Gasteiger partial charge in [-0.3, -0.25) is 0 Å². The highest BCUT2D eigenvalue weighted by molar-refractivity contribution is 5.88. The Balaban J connectivity index is 2.39. The van der Waals surface area contributed by atoms with Crippen LogP contribution in [0.3, 0.4) is 0 Å². The third-order valence-electron chi connectivity index (χ3n) is 3.95. The lowest BCUT2D eigenvalue weighted by molar-refractivity contribution is -0.136. The number of aromatic nitrogens is 2. The van der Waals surface area contributed by atoms with Crippen LogP contribution in [0.5, 0.6) is 0 Å². The van der Waals surface area contributed by atoms with Crippen molar-refractivity contribution in [3.63, 3.8) is 0 Å². The zero-order valence-electron chi connectivity index (χ0n) is 14.4. The first-order chi connectivity index (χ1) is 12.6. The average molecular weight is 381 g/mol. The maximum Gasteiger partial charge on any atom is 0.420 e. The second kappa shape index (κ2) is 6.66. The van der Waals surface area contributed by atoms with Crippen LogP contribution in [0.1, 0.15) is 21.7 Å². The highest BCUT2D eigenvalue weighted by Gasteiger charge is 2.36. The number of pyridine rings is 1. The Labute approximate surface area is 151 Å². The molecule has 3 aromatic rings. The Morgan fingerprint density at radius 1 is 1.22 bits per heavy atom. The topological polar surface area (TPSA) is 57.8 Å². The van der Waals surface area contributed by atoms with Crippen molar-refractivity contribution in [2.24, 2.45) is 0 Å². The first kappa shape index (κ1) is 18.8. The third-order valence-corrected chi connectivity index (χ3v) is 3.95. The van der Waals surface area contributed by atoms with Crippen LogP contribution in [-0.4, -0.2) is 39.5 Å². The molecule has 0 radical (unpaired) electrons. The molecule has 1 N–H and O–H groups in total. The van der Waals surface area contributed by atoms with Crippen LogP contribution in [0.15, 0.2) is 36.5 Å². The predicted molar refractivity (Wildman–Crippen MR) is 89.9 cm³/mol. The number of rotatable bonds is 4. The monoisotopic (exact) mass is 381 g/mol. The fraction of sp³-hybridized carbons (Fsp3) is 0.222. The molecular formula is C18H15F4N3O2. The SMILES string of the molecule is CN(C)Cc1c(C(=O)O)nc2c(C(F)(F)F)cc(-c3cccc(F)c3)cn12. The number of hydrogen-bond acceptors (Lipinski definition) is 3. The van der Waals surface area contributed by atoms with Gasteiger partial charge in [-0.15, -0.1) is 0 Å². The van der Waals surface area contributed by atoms with Crippen molar-refractivity contribution in [1.29, 1.82) is 0 Å². The summed E-state index contributed by atoms with van der Waals surface area (Å²) in [4.78, 5) is 16.9. The summed E-state index contributed by atoms with van der Waals surface area (Å²) in [6.07, 6.45) is -3.42. The van der Waals surface area contributed by atoms with Crippen LogP contribution in [-0.2, 0) is 12.7 Å². The van der Waals surface area contributed by atoms with Gasteiger partial charge in [-0.2, -0.15) is 13.2 Å². The fourth-order valence-corrected chi connectivity index (χ4v) is 2.85. The van der Waals surface area contributed by atoms with Crippen LogP contribution < -0.4 is 0 Å². The number of imidazole rings is 1. The van der Waals surface area contributed by atoms with Gasteiger partial charge in [0.15, 0.2) is 5.69 Å². The molecule has 0 bridgehead atoms. The summed E-state index contributed by atoms with van der Waals surface area (Å²) in [6, 6.07) is 6.01. The Morgan fingerprint density at radius 3 is 2.48 bits per heavy atom. The molecule has 3 rings (SSSR count). The Kier molecular flexibility index (Phi) is 4.64. The van der Waals surface area contributed by atoms with Crippen molar-refractivity contribution in [1.82, 2.24) is 14.3 Å². The molecule has 9 heteroatoms. The van der Waals surface area contributed by atoms with E-state index in [0.29, 0.717) is 0 Å². The van der Waals surface area contributed by atoms with Crippen LogP contribution in [0.4, 0.5) is 17.6 Å². The minimum atomic E-state index is -4.76. The van der Waals surface area contributed by atoms with Gasteiger partial charge in [-0.05, 0) is 43.4 Å². The lowest BCUT2D eigenvalue weighted by Crippen LogP contribution is -2.16. The van der Waals surface area contributed by atoms with Gasteiger partial charge in [-0.25, -0.2) is 14.2 Å². The summed E-state index contributed by atoms with van der Waals surface area (Å²) in [6.45, 7) is 0.0622. The van der Waals surface area contributed by atoms with Crippen molar-refractivity contribution in [2.45, 2.75) is 12.7 Å². The molecule has 0 spiro atoms. The Hall–Kier alpha value is -2.94. The molecule has 2 heterocycles. The standard InChI is InChI=1S/C18H15F4N3O2/c1-24(2)9-14-15(17(26)27)23-16-13(18(20,21)22)7-11(8-25(14)16)10-4-3-5-12(19)6-10/h3-8H,9H2,1-2H3,(H,26,27). The van der Waals surface area contributed by atoms with E-state index in [-0.39, 0.29) is 23.4 Å². The molecule has 142 valence electrons. The molecule has 27 heavy (non-hydrogen) atoms. The van der Waals surface area contributed by atoms with E-state index >= 15 is 0 Å². The van der Waals surface area contributed by atoms with Crippen LogP contribution in [0.25, 0.3) is 16.8 Å². The number of nitrogens with zero attached hydrogens (tertiary/aromatic N) is 3. The van der Waals surface area contributed by atoms with Gasteiger partial charge >= 0.3 is 12.1 Å². The molecule has 0 aliphatic carbocycles. The number of fused-ring (bicyclic) bond motifs is 1. The third kappa shape index (κ3) is 3.63.